The van der Waals surface area contributed by atoms with E-state index in [9.17, 15) is 9.90 Å². The number of nitrogens with zero attached hydrogens (tertiary/aromatic N) is 1. The summed E-state index contributed by atoms with van der Waals surface area (Å²) in [5.74, 6) is -0.0735. The van der Waals surface area contributed by atoms with E-state index < -0.39 is 5.72 Å². The summed E-state index contributed by atoms with van der Waals surface area (Å²) in [6.07, 6.45) is 5.39. The Morgan fingerprint density at radius 2 is 2.43 bits per heavy atom. The van der Waals surface area contributed by atoms with Gasteiger partial charge >= 0.3 is 0 Å². The highest BCUT2D eigenvalue weighted by Crippen LogP contribution is 2.39. The molecular weight excluding hydrogens is 314 g/mol. The summed E-state index contributed by atoms with van der Waals surface area (Å²) < 4.78 is 0.191. The van der Waals surface area contributed by atoms with E-state index in [0.29, 0.717) is 6.42 Å². The van der Waals surface area contributed by atoms with E-state index in [2.05, 4.69) is 31.9 Å². The number of carbonyl (C=O) groups excluding carboxylic acids is 1. The largest absolute Gasteiger partial charge is 0.367 e. The smallest absolute Gasteiger partial charge is 0.249 e. The van der Waals surface area contributed by atoms with Crippen LogP contribution in [0.25, 0.3) is 0 Å². The Bertz CT molecular complexity index is 293. The molecule has 0 saturated carbocycles. The lowest BCUT2D eigenvalue weighted by Crippen LogP contribution is -2.45. The number of hydrogen-bond acceptors (Lipinski definition) is 2. The van der Waals surface area contributed by atoms with Crippen LogP contribution in [0.15, 0.2) is 12.2 Å². The molecule has 0 bridgehead atoms. The number of fused-ring (bicyclic) bond motifs is 1. The summed E-state index contributed by atoms with van der Waals surface area (Å²) in [5.41, 5.74) is -1.00. The summed E-state index contributed by atoms with van der Waals surface area (Å²) in [6, 6.07) is 0.131. The second-order valence-electron chi connectivity index (χ2n) is 3.74. The highest BCUT2D eigenvalue weighted by atomic mass is 79.9. The van der Waals surface area contributed by atoms with E-state index in [-0.39, 0.29) is 15.7 Å². The Morgan fingerprint density at radius 1 is 1.71 bits per heavy atom. The lowest BCUT2D eigenvalue weighted by atomic mass is 10.1. The third-order valence-corrected chi connectivity index (χ3v) is 3.56. The van der Waals surface area contributed by atoms with Gasteiger partial charge in [-0.15, -0.1) is 0 Å². The molecule has 2 aliphatic heterocycles. The first-order valence-corrected chi connectivity index (χ1v) is 6.39. The maximum absolute atomic E-state index is 11.5. The average Bonchev–Trinajstić information content (AvgIpc) is 2.53. The van der Waals surface area contributed by atoms with E-state index in [1.165, 1.54) is 6.08 Å². The van der Waals surface area contributed by atoms with Crippen molar-refractivity contribution < 1.29 is 9.90 Å². The first-order valence-electron chi connectivity index (χ1n) is 4.56. The van der Waals surface area contributed by atoms with Crippen molar-refractivity contribution in [2.45, 2.75) is 34.8 Å². The number of halogens is 2. The molecule has 1 amide bonds. The van der Waals surface area contributed by atoms with Crippen LogP contribution in [0.4, 0.5) is 0 Å². The van der Waals surface area contributed by atoms with Gasteiger partial charge in [-0.25, -0.2) is 0 Å². The molecule has 1 N–H and O–H groups in total. The van der Waals surface area contributed by atoms with Crippen LogP contribution < -0.4 is 0 Å². The molecule has 3 nitrogen and oxygen atoms in total. The third-order valence-electron chi connectivity index (χ3n) is 2.81. The van der Waals surface area contributed by atoms with Gasteiger partial charge in [0.05, 0.1) is 3.74 Å². The monoisotopic (exact) mass is 323 g/mol. The van der Waals surface area contributed by atoms with E-state index in [4.69, 9.17) is 0 Å². The average molecular weight is 325 g/mol. The number of carbonyl (C=O) groups is 1. The third kappa shape index (κ3) is 1.66. The van der Waals surface area contributed by atoms with E-state index in [1.54, 1.807) is 11.0 Å². The lowest BCUT2D eigenvalue weighted by Gasteiger charge is -2.30. The fourth-order valence-electron chi connectivity index (χ4n) is 2.19. The number of alkyl halides is 2. The summed E-state index contributed by atoms with van der Waals surface area (Å²) in [4.78, 5) is 13.1. The van der Waals surface area contributed by atoms with Gasteiger partial charge in [0.15, 0.2) is 5.72 Å². The Hall–Kier alpha value is 0.130. The number of aliphatic hydroxyl groups is 1. The standard InChI is InChI=1S/C9H11Br2NO2/c10-7(11)5-6-1-3-9(14)4-2-8(13)12(6)9/h2,4,6-7,14H,1,3,5H2. The quantitative estimate of drug-likeness (QED) is 0.786. The van der Waals surface area contributed by atoms with Gasteiger partial charge in [-0.3, -0.25) is 4.79 Å². The van der Waals surface area contributed by atoms with Crippen molar-refractivity contribution in [2.24, 2.45) is 0 Å². The van der Waals surface area contributed by atoms with Gasteiger partial charge in [0.25, 0.3) is 0 Å². The molecule has 78 valence electrons. The number of hydrogen-bond donors (Lipinski definition) is 1. The molecular formula is C9H11Br2NO2. The highest BCUT2D eigenvalue weighted by molar-refractivity contribution is 9.24. The van der Waals surface area contributed by atoms with Crippen molar-refractivity contribution in [3.8, 4) is 0 Å². The molecule has 0 aromatic carbocycles. The second kappa shape index (κ2) is 3.61. The molecule has 2 unspecified atom stereocenters. The topological polar surface area (TPSA) is 40.5 Å². The Kier molecular flexibility index (Phi) is 2.74. The molecule has 2 rings (SSSR count). The van der Waals surface area contributed by atoms with Gasteiger partial charge in [-0.05, 0) is 18.9 Å². The molecule has 0 aliphatic carbocycles. The summed E-state index contributed by atoms with van der Waals surface area (Å²) in [6.45, 7) is 0. The van der Waals surface area contributed by atoms with Crippen molar-refractivity contribution in [2.75, 3.05) is 0 Å². The van der Waals surface area contributed by atoms with Gasteiger partial charge in [0.2, 0.25) is 5.91 Å². The molecule has 0 radical (unpaired) electrons. The predicted molar refractivity (Wildman–Crippen MR) is 60.2 cm³/mol. The van der Waals surface area contributed by atoms with Crippen LogP contribution in [-0.4, -0.2) is 31.4 Å². The zero-order valence-electron chi connectivity index (χ0n) is 7.49. The van der Waals surface area contributed by atoms with Crippen LogP contribution in [-0.2, 0) is 4.79 Å². The molecule has 14 heavy (non-hydrogen) atoms. The van der Waals surface area contributed by atoms with Crippen LogP contribution in [0.1, 0.15) is 19.3 Å². The molecule has 5 heteroatoms. The number of amides is 1. The van der Waals surface area contributed by atoms with Crippen molar-refractivity contribution in [3.05, 3.63) is 12.2 Å². The van der Waals surface area contributed by atoms with Crippen LogP contribution in [0, 0.1) is 0 Å². The summed E-state index contributed by atoms with van der Waals surface area (Å²) in [5, 5.41) is 10.1. The minimum atomic E-state index is -1.00. The SMILES string of the molecule is O=C1C=CC2(O)CCC(CC(Br)Br)N12. The van der Waals surface area contributed by atoms with E-state index in [0.717, 1.165) is 12.8 Å². The molecule has 0 aromatic heterocycles. The van der Waals surface area contributed by atoms with Gasteiger partial charge in [0.1, 0.15) is 0 Å². The van der Waals surface area contributed by atoms with Crippen LogP contribution in [0.3, 0.4) is 0 Å². The Morgan fingerprint density at radius 3 is 3.07 bits per heavy atom. The van der Waals surface area contributed by atoms with Crippen LogP contribution in [0.5, 0.6) is 0 Å². The Labute approximate surface area is 99.4 Å². The first-order chi connectivity index (χ1) is 6.53. The zero-order valence-corrected chi connectivity index (χ0v) is 10.7. The Balaban J connectivity index is 2.15. The fraction of sp³-hybridized carbons (Fsp3) is 0.667. The fourth-order valence-corrected chi connectivity index (χ4v) is 3.06. The highest BCUT2D eigenvalue weighted by Gasteiger charge is 2.48. The van der Waals surface area contributed by atoms with Gasteiger partial charge < -0.3 is 10.0 Å². The molecule has 2 aliphatic rings. The maximum atomic E-state index is 11.5. The lowest BCUT2D eigenvalue weighted by molar-refractivity contribution is -0.139. The van der Waals surface area contributed by atoms with E-state index in [1.807, 2.05) is 0 Å². The molecule has 1 saturated heterocycles. The van der Waals surface area contributed by atoms with Crippen molar-refractivity contribution in [1.29, 1.82) is 0 Å². The van der Waals surface area contributed by atoms with Gasteiger partial charge in [-0.1, -0.05) is 31.9 Å². The molecule has 2 heterocycles. The minimum Gasteiger partial charge on any atom is -0.367 e. The first kappa shape index (κ1) is 10.6. The minimum absolute atomic E-state index is 0.0735. The van der Waals surface area contributed by atoms with Crippen LogP contribution >= 0.6 is 31.9 Å². The summed E-state index contributed by atoms with van der Waals surface area (Å²) in [7, 11) is 0. The second-order valence-corrected chi connectivity index (χ2v) is 7.18. The maximum Gasteiger partial charge on any atom is 0.249 e. The van der Waals surface area contributed by atoms with Crippen molar-refractivity contribution in [3.63, 3.8) is 0 Å². The normalized spacial score (nSPS) is 35.9. The van der Waals surface area contributed by atoms with E-state index >= 15 is 0 Å². The molecule has 1 fully saturated rings. The molecule has 2 atom stereocenters. The van der Waals surface area contributed by atoms with Crippen molar-refractivity contribution >= 4 is 37.8 Å². The molecule has 0 spiro atoms. The zero-order chi connectivity index (χ0) is 10.3. The predicted octanol–water partition coefficient (Wildman–Crippen LogP) is 1.74. The summed E-state index contributed by atoms with van der Waals surface area (Å²) >= 11 is 6.79. The van der Waals surface area contributed by atoms with Crippen molar-refractivity contribution in [1.82, 2.24) is 4.90 Å². The molecule has 0 aromatic rings. The van der Waals surface area contributed by atoms with Gasteiger partial charge in [0, 0.05) is 18.5 Å². The van der Waals surface area contributed by atoms with Gasteiger partial charge in [-0.2, -0.15) is 0 Å². The number of rotatable bonds is 2. The van der Waals surface area contributed by atoms with Crippen LogP contribution in [0.2, 0.25) is 0 Å².